The maximum absolute atomic E-state index is 5.31. The first-order chi connectivity index (χ1) is 20.3. The molecule has 0 bridgehead atoms. The Hall–Kier alpha value is -5.15. The minimum absolute atomic E-state index is 0.0346. The predicted octanol–water partition coefficient (Wildman–Crippen LogP) is 9.52. The summed E-state index contributed by atoms with van der Waals surface area (Å²) >= 11 is 0. The van der Waals surface area contributed by atoms with Gasteiger partial charge in [-0.25, -0.2) is 0 Å². The normalized spacial score (nSPS) is 14.8. The highest BCUT2D eigenvalue weighted by atomic mass is 15.5. The molecule has 1 aromatic heterocycles. The lowest BCUT2D eigenvalue weighted by atomic mass is 9.93. The molecule has 1 aliphatic heterocycles. The van der Waals surface area contributed by atoms with E-state index in [4.69, 9.17) is 5.10 Å². The Morgan fingerprint density at radius 2 is 1.20 bits per heavy atom. The van der Waals surface area contributed by atoms with Crippen LogP contribution in [0.25, 0.3) is 33.3 Å². The van der Waals surface area contributed by atoms with E-state index >= 15 is 0 Å². The van der Waals surface area contributed by atoms with Crippen LogP contribution in [0.1, 0.15) is 23.6 Å². The van der Waals surface area contributed by atoms with E-state index in [1.807, 2.05) is 6.08 Å². The first-order valence-electron chi connectivity index (χ1n) is 14.2. The van der Waals surface area contributed by atoms with Crippen molar-refractivity contribution in [3.63, 3.8) is 0 Å². The van der Waals surface area contributed by atoms with Crippen molar-refractivity contribution in [2.45, 2.75) is 19.0 Å². The third-order valence-electron chi connectivity index (χ3n) is 7.96. The number of aromatic nitrogens is 1. The molecule has 2 heterocycles. The molecule has 3 nitrogen and oxygen atoms in total. The van der Waals surface area contributed by atoms with Crippen molar-refractivity contribution in [1.82, 2.24) is 4.57 Å². The first-order valence-corrected chi connectivity index (χ1v) is 14.2. The summed E-state index contributed by atoms with van der Waals surface area (Å²) in [7, 11) is 0. The molecule has 0 saturated carbocycles. The van der Waals surface area contributed by atoms with Gasteiger partial charge in [0.15, 0.2) is 0 Å². The zero-order chi connectivity index (χ0) is 27.6. The molecule has 0 saturated heterocycles. The zero-order valence-corrected chi connectivity index (χ0v) is 22.9. The van der Waals surface area contributed by atoms with Crippen molar-refractivity contribution in [2.75, 3.05) is 5.01 Å². The number of hydrogen-bond donors (Lipinski definition) is 0. The monoisotopic (exact) mass is 529 g/mol. The van der Waals surface area contributed by atoms with Crippen molar-refractivity contribution >= 4 is 22.3 Å². The molecule has 3 heteroatoms. The number of allylic oxidation sites excluding steroid dienone is 1. The smallest absolute Gasteiger partial charge is 0.0858 e. The van der Waals surface area contributed by atoms with Gasteiger partial charge < -0.3 is 4.57 Å². The van der Waals surface area contributed by atoms with Crippen LogP contribution in [-0.2, 0) is 6.54 Å². The minimum atomic E-state index is 0.0346. The van der Waals surface area contributed by atoms with Gasteiger partial charge in [0.1, 0.15) is 0 Å². The number of anilines is 1. The van der Waals surface area contributed by atoms with Gasteiger partial charge in [-0.05, 0) is 40.5 Å². The molecule has 6 aromatic rings. The van der Waals surface area contributed by atoms with Gasteiger partial charge in [-0.2, -0.15) is 5.10 Å². The molecule has 0 aliphatic carbocycles. The average molecular weight is 530 g/mol. The molecule has 0 fully saturated rings. The van der Waals surface area contributed by atoms with Gasteiger partial charge in [0.25, 0.3) is 0 Å². The number of hydrazone groups is 1. The molecule has 0 N–H and O–H groups in total. The highest BCUT2D eigenvalue weighted by molar-refractivity contribution is 6.05. The van der Waals surface area contributed by atoms with E-state index in [9.17, 15) is 0 Å². The standard InChI is InChI=1S/C38H31N3/c1-2-26-40-35-21-13-12-20-33(35)37(38(40)31-16-8-4-9-17-31)36-27-34(39-41(36)32-18-10-5-11-19-32)30-24-22-29(23-25-30)28-14-6-3-7-15-28/h2-25,36H,1,26-27H2. The number of hydrogen-bond acceptors (Lipinski definition) is 2. The number of nitrogens with zero attached hydrogens (tertiary/aromatic N) is 3. The van der Waals surface area contributed by atoms with Gasteiger partial charge in [0.2, 0.25) is 0 Å². The van der Waals surface area contributed by atoms with Gasteiger partial charge in [0, 0.05) is 29.4 Å². The topological polar surface area (TPSA) is 20.5 Å². The second-order valence-electron chi connectivity index (χ2n) is 10.4. The van der Waals surface area contributed by atoms with Gasteiger partial charge in [-0.15, -0.1) is 6.58 Å². The lowest BCUT2D eigenvalue weighted by Gasteiger charge is -2.25. The van der Waals surface area contributed by atoms with Crippen molar-refractivity contribution in [1.29, 1.82) is 0 Å². The predicted molar refractivity (Wildman–Crippen MR) is 172 cm³/mol. The molecule has 7 rings (SSSR count). The Labute approximate surface area is 241 Å². The summed E-state index contributed by atoms with van der Waals surface area (Å²) in [6, 6.07) is 49.4. The van der Waals surface area contributed by atoms with E-state index in [0.29, 0.717) is 0 Å². The van der Waals surface area contributed by atoms with Gasteiger partial charge in [-0.1, -0.05) is 127 Å². The molecular formula is C38H31N3. The van der Waals surface area contributed by atoms with Crippen LogP contribution in [0.3, 0.4) is 0 Å². The number of benzene rings is 5. The van der Waals surface area contributed by atoms with Crippen LogP contribution >= 0.6 is 0 Å². The number of rotatable bonds is 7. The summed E-state index contributed by atoms with van der Waals surface area (Å²) in [6.45, 7) is 4.83. The molecule has 41 heavy (non-hydrogen) atoms. The van der Waals surface area contributed by atoms with Crippen LogP contribution in [0, 0.1) is 0 Å². The second kappa shape index (κ2) is 10.8. The van der Waals surface area contributed by atoms with E-state index < -0.39 is 0 Å². The summed E-state index contributed by atoms with van der Waals surface area (Å²) in [4.78, 5) is 0. The number of para-hydroxylation sites is 2. The fraction of sp³-hybridized carbons (Fsp3) is 0.0789. The molecule has 198 valence electrons. The molecule has 1 atom stereocenters. The van der Waals surface area contributed by atoms with Crippen molar-refractivity contribution in [3.05, 3.63) is 163 Å². The number of fused-ring (bicyclic) bond motifs is 1. The molecule has 0 radical (unpaired) electrons. The van der Waals surface area contributed by atoms with Gasteiger partial charge in [0.05, 0.1) is 23.1 Å². The molecule has 0 amide bonds. The maximum Gasteiger partial charge on any atom is 0.0858 e. The van der Waals surface area contributed by atoms with Crippen molar-refractivity contribution in [3.8, 4) is 22.4 Å². The summed E-state index contributed by atoms with van der Waals surface area (Å²) < 4.78 is 2.41. The third-order valence-corrected chi connectivity index (χ3v) is 7.96. The summed E-state index contributed by atoms with van der Waals surface area (Å²) in [5.41, 5.74) is 10.7. The van der Waals surface area contributed by atoms with Crippen LogP contribution in [0.15, 0.2) is 157 Å². The maximum atomic E-state index is 5.31. The first kappa shape index (κ1) is 24.9. The highest BCUT2D eigenvalue weighted by Gasteiger charge is 2.35. The van der Waals surface area contributed by atoms with Crippen LogP contribution in [0.4, 0.5) is 5.69 Å². The molecular weight excluding hydrogens is 498 g/mol. The Morgan fingerprint density at radius 3 is 1.88 bits per heavy atom. The summed E-state index contributed by atoms with van der Waals surface area (Å²) in [5, 5.41) is 8.79. The van der Waals surface area contributed by atoms with Crippen molar-refractivity contribution < 1.29 is 0 Å². The average Bonchev–Trinajstić information content (AvgIpc) is 3.62. The minimum Gasteiger partial charge on any atom is -0.336 e. The Kier molecular flexibility index (Phi) is 6.54. The van der Waals surface area contributed by atoms with Crippen molar-refractivity contribution in [2.24, 2.45) is 5.10 Å². The van der Waals surface area contributed by atoms with Crippen LogP contribution in [0.5, 0.6) is 0 Å². The summed E-state index contributed by atoms with van der Waals surface area (Å²) in [5.74, 6) is 0. The summed E-state index contributed by atoms with van der Waals surface area (Å²) in [6.07, 6.45) is 2.80. The lowest BCUT2D eigenvalue weighted by Crippen LogP contribution is -2.19. The van der Waals surface area contributed by atoms with Crippen LogP contribution < -0.4 is 5.01 Å². The third kappa shape index (κ3) is 4.56. The lowest BCUT2D eigenvalue weighted by molar-refractivity contribution is 0.710. The highest BCUT2D eigenvalue weighted by Crippen LogP contribution is 2.45. The second-order valence-corrected chi connectivity index (χ2v) is 10.4. The SMILES string of the molecule is C=CCn1c(-c2ccccc2)c(C2CC(c3ccc(-c4ccccc4)cc3)=NN2c2ccccc2)c2ccccc21. The van der Waals surface area contributed by atoms with E-state index in [0.717, 1.165) is 29.9 Å². The Morgan fingerprint density at radius 1 is 0.634 bits per heavy atom. The van der Waals surface area contributed by atoms with E-state index in [1.165, 1.54) is 38.9 Å². The Bertz CT molecular complexity index is 1830. The zero-order valence-electron chi connectivity index (χ0n) is 22.9. The molecule has 5 aromatic carbocycles. The molecule has 1 unspecified atom stereocenters. The molecule has 1 aliphatic rings. The van der Waals surface area contributed by atoms with Crippen LogP contribution in [0.2, 0.25) is 0 Å². The van der Waals surface area contributed by atoms with E-state index in [1.54, 1.807) is 0 Å². The Balaban J connectivity index is 1.38. The van der Waals surface area contributed by atoms with Gasteiger partial charge in [-0.3, -0.25) is 5.01 Å². The fourth-order valence-electron chi connectivity index (χ4n) is 6.11. The van der Waals surface area contributed by atoms with Crippen LogP contribution in [-0.4, -0.2) is 10.3 Å². The molecule has 0 spiro atoms. The fourth-order valence-corrected chi connectivity index (χ4v) is 6.11. The van der Waals surface area contributed by atoms with Gasteiger partial charge >= 0.3 is 0 Å². The van der Waals surface area contributed by atoms with E-state index in [2.05, 4.69) is 156 Å². The van der Waals surface area contributed by atoms with E-state index in [-0.39, 0.29) is 6.04 Å². The largest absolute Gasteiger partial charge is 0.336 e. The quantitative estimate of drug-likeness (QED) is 0.189.